The molecule has 2 aromatic carbocycles. The fraction of sp³-hybridized carbons (Fsp3) is 0.441. The Bertz CT molecular complexity index is 1130. The summed E-state index contributed by atoms with van der Waals surface area (Å²) in [5.74, 6) is -0.333. The van der Waals surface area contributed by atoms with Gasteiger partial charge in [0.05, 0.1) is 5.69 Å². The molecule has 0 bridgehead atoms. The molecule has 7 heteroatoms. The van der Waals surface area contributed by atoms with Gasteiger partial charge in [0.15, 0.2) is 0 Å². The van der Waals surface area contributed by atoms with E-state index in [1.807, 2.05) is 60.7 Å². The predicted molar refractivity (Wildman–Crippen MR) is 167 cm³/mol. The Balaban J connectivity index is 1.53. The van der Waals surface area contributed by atoms with Crippen molar-refractivity contribution >= 4 is 11.8 Å². The summed E-state index contributed by atoms with van der Waals surface area (Å²) < 4.78 is 0. The second-order valence-corrected chi connectivity index (χ2v) is 10.5. The summed E-state index contributed by atoms with van der Waals surface area (Å²) in [5, 5.41) is 9.46. The molecule has 3 rings (SSSR count). The van der Waals surface area contributed by atoms with Crippen LogP contribution in [0.5, 0.6) is 0 Å². The van der Waals surface area contributed by atoms with E-state index in [2.05, 4.69) is 51.8 Å². The molecule has 0 radical (unpaired) electrons. The quantitative estimate of drug-likeness (QED) is 0.178. The van der Waals surface area contributed by atoms with Crippen LogP contribution in [0.15, 0.2) is 79.0 Å². The summed E-state index contributed by atoms with van der Waals surface area (Å²) >= 11 is 0. The van der Waals surface area contributed by atoms with E-state index in [0.717, 1.165) is 63.0 Å². The number of carbonyl (C=O) groups excluding carboxylic acids is 2. The van der Waals surface area contributed by atoms with Crippen LogP contribution in [0.1, 0.15) is 73.1 Å². The first kappa shape index (κ1) is 32.0. The average Bonchev–Trinajstić information content (AvgIpc) is 3.00. The number of rotatable bonds is 19. The van der Waals surface area contributed by atoms with Gasteiger partial charge in [0.25, 0.3) is 5.91 Å². The zero-order valence-electron chi connectivity index (χ0n) is 24.8. The van der Waals surface area contributed by atoms with Crippen LogP contribution in [0.3, 0.4) is 0 Å². The Labute approximate surface area is 246 Å². The van der Waals surface area contributed by atoms with E-state index in [1.54, 1.807) is 6.20 Å². The molecule has 0 saturated heterocycles. The van der Waals surface area contributed by atoms with E-state index in [-0.39, 0.29) is 11.8 Å². The van der Waals surface area contributed by atoms with Crippen LogP contribution >= 0.6 is 0 Å². The summed E-state index contributed by atoms with van der Waals surface area (Å²) in [4.78, 5) is 33.1. The van der Waals surface area contributed by atoms with Crippen molar-refractivity contribution in [1.82, 2.24) is 25.8 Å². The Morgan fingerprint density at radius 3 is 2.22 bits per heavy atom. The van der Waals surface area contributed by atoms with Crippen LogP contribution in [0, 0.1) is 0 Å². The molecule has 1 heterocycles. The first-order chi connectivity index (χ1) is 20.1. The van der Waals surface area contributed by atoms with Crippen molar-refractivity contribution in [1.29, 1.82) is 0 Å². The highest BCUT2D eigenvalue weighted by Crippen LogP contribution is 2.09. The minimum absolute atomic E-state index is 0.112. The molecule has 41 heavy (non-hydrogen) atoms. The lowest BCUT2D eigenvalue weighted by Crippen LogP contribution is -2.47. The molecular formula is C34H47N5O2. The topological polar surface area (TPSA) is 86.4 Å². The van der Waals surface area contributed by atoms with Crippen LogP contribution in [-0.2, 0) is 24.3 Å². The molecule has 0 aliphatic heterocycles. The smallest absolute Gasteiger partial charge is 0.251 e. The summed E-state index contributed by atoms with van der Waals surface area (Å²) in [7, 11) is 0. The van der Waals surface area contributed by atoms with Gasteiger partial charge in [-0.1, -0.05) is 62.4 Å². The van der Waals surface area contributed by atoms with Crippen LogP contribution < -0.4 is 16.0 Å². The van der Waals surface area contributed by atoms with Crippen molar-refractivity contribution in [2.75, 3.05) is 26.2 Å². The largest absolute Gasteiger partial charge is 0.354 e. The van der Waals surface area contributed by atoms with E-state index in [4.69, 9.17) is 0 Å². The van der Waals surface area contributed by atoms with Crippen molar-refractivity contribution in [3.05, 3.63) is 101 Å². The third-order valence-corrected chi connectivity index (χ3v) is 7.03. The number of hydrogen-bond donors (Lipinski definition) is 3. The van der Waals surface area contributed by atoms with Gasteiger partial charge in [0.2, 0.25) is 5.91 Å². The lowest BCUT2D eigenvalue weighted by Gasteiger charge is -2.23. The number of nitrogens with one attached hydrogen (secondary N) is 3. The van der Waals surface area contributed by atoms with Crippen molar-refractivity contribution in [2.24, 2.45) is 0 Å². The first-order valence-electron chi connectivity index (χ1n) is 15.1. The minimum atomic E-state index is -0.566. The van der Waals surface area contributed by atoms with Crippen molar-refractivity contribution in [3.63, 3.8) is 0 Å². The van der Waals surface area contributed by atoms with E-state index in [1.165, 1.54) is 5.56 Å². The second-order valence-electron chi connectivity index (χ2n) is 10.5. The second kappa shape index (κ2) is 18.7. The SMILES string of the molecule is CCCN(CCC)CCC[C@H](NC(=O)c1ccc(CNCc2ccccn2)cc1)C(=O)NCCCc1ccccc1. The van der Waals surface area contributed by atoms with Gasteiger partial charge in [0, 0.05) is 31.4 Å². The molecule has 2 amide bonds. The van der Waals surface area contributed by atoms with Gasteiger partial charge in [-0.3, -0.25) is 14.6 Å². The molecule has 3 N–H and O–H groups in total. The fourth-order valence-electron chi connectivity index (χ4n) is 4.88. The maximum Gasteiger partial charge on any atom is 0.251 e. The van der Waals surface area contributed by atoms with Crippen molar-refractivity contribution < 1.29 is 9.59 Å². The lowest BCUT2D eigenvalue weighted by atomic mass is 10.1. The van der Waals surface area contributed by atoms with Gasteiger partial charge in [-0.05, 0) is 93.6 Å². The number of benzene rings is 2. The third-order valence-electron chi connectivity index (χ3n) is 7.03. The molecule has 0 fully saturated rings. The maximum absolute atomic E-state index is 13.2. The molecule has 7 nitrogen and oxygen atoms in total. The highest BCUT2D eigenvalue weighted by atomic mass is 16.2. The maximum atomic E-state index is 13.2. The van der Waals surface area contributed by atoms with Gasteiger partial charge in [-0.25, -0.2) is 0 Å². The molecule has 1 atom stereocenters. The number of nitrogens with zero attached hydrogens (tertiary/aromatic N) is 2. The molecule has 3 aromatic rings. The highest BCUT2D eigenvalue weighted by Gasteiger charge is 2.21. The van der Waals surface area contributed by atoms with Gasteiger partial charge in [0.1, 0.15) is 6.04 Å². The van der Waals surface area contributed by atoms with Crippen LogP contribution in [0.2, 0.25) is 0 Å². The van der Waals surface area contributed by atoms with Gasteiger partial charge < -0.3 is 20.9 Å². The molecule has 0 unspecified atom stereocenters. The summed E-state index contributed by atoms with van der Waals surface area (Å²) in [6, 6.07) is 23.1. The monoisotopic (exact) mass is 557 g/mol. The standard InChI is InChI=1S/C34H47N5O2/c1-3-23-39(24-4-2)25-11-16-32(34(41)37-22-10-14-28-12-6-5-7-13-28)38-33(40)30-19-17-29(18-20-30)26-35-27-31-15-8-9-21-36-31/h5-9,12-13,15,17-21,32,35H,3-4,10-11,14,16,22-27H2,1-2H3,(H,37,41)(H,38,40)/t32-/m0/s1. The molecule has 0 aliphatic carbocycles. The third kappa shape index (κ3) is 12.2. The van der Waals surface area contributed by atoms with Crippen LogP contribution in [0.25, 0.3) is 0 Å². The number of aryl methyl sites for hydroxylation is 1. The summed E-state index contributed by atoms with van der Waals surface area (Å²) in [6.07, 6.45) is 7.22. The van der Waals surface area contributed by atoms with E-state index in [0.29, 0.717) is 31.6 Å². The Hall–Kier alpha value is -3.55. The van der Waals surface area contributed by atoms with Crippen LogP contribution in [0.4, 0.5) is 0 Å². The zero-order valence-corrected chi connectivity index (χ0v) is 24.8. The molecule has 0 spiro atoms. The van der Waals surface area contributed by atoms with Crippen LogP contribution in [-0.4, -0.2) is 53.9 Å². The van der Waals surface area contributed by atoms with E-state index < -0.39 is 6.04 Å². The number of hydrogen-bond acceptors (Lipinski definition) is 5. The minimum Gasteiger partial charge on any atom is -0.354 e. The molecular weight excluding hydrogens is 510 g/mol. The molecule has 220 valence electrons. The molecule has 0 aliphatic rings. The number of amides is 2. The average molecular weight is 558 g/mol. The summed E-state index contributed by atoms with van der Waals surface area (Å²) in [6.45, 7) is 9.36. The van der Waals surface area contributed by atoms with Crippen molar-refractivity contribution in [2.45, 2.75) is 71.5 Å². The molecule has 0 saturated carbocycles. The number of carbonyl (C=O) groups is 2. The van der Waals surface area contributed by atoms with Gasteiger partial charge >= 0.3 is 0 Å². The Kier molecular flexibility index (Phi) is 14.6. The first-order valence-corrected chi connectivity index (χ1v) is 15.1. The van der Waals surface area contributed by atoms with Gasteiger partial charge in [-0.2, -0.15) is 0 Å². The zero-order chi connectivity index (χ0) is 29.1. The summed E-state index contributed by atoms with van der Waals surface area (Å²) in [5.41, 5.74) is 3.88. The molecule has 1 aromatic heterocycles. The van der Waals surface area contributed by atoms with E-state index >= 15 is 0 Å². The van der Waals surface area contributed by atoms with Crippen molar-refractivity contribution in [3.8, 4) is 0 Å². The number of aromatic nitrogens is 1. The Morgan fingerprint density at radius 1 is 0.805 bits per heavy atom. The normalized spacial score (nSPS) is 11.8. The lowest BCUT2D eigenvalue weighted by molar-refractivity contribution is -0.123. The number of pyridine rings is 1. The Morgan fingerprint density at radius 2 is 1.54 bits per heavy atom. The fourth-order valence-corrected chi connectivity index (χ4v) is 4.88. The highest BCUT2D eigenvalue weighted by molar-refractivity contribution is 5.97. The van der Waals surface area contributed by atoms with Gasteiger partial charge in [-0.15, -0.1) is 0 Å². The predicted octanol–water partition coefficient (Wildman–Crippen LogP) is 5.12. The van der Waals surface area contributed by atoms with E-state index in [9.17, 15) is 9.59 Å².